The molecule has 1 aromatic carbocycles. The molecule has 26 heavy (non-hydrogen) atoms. The molecule has 140 valence electrons. The smallest absolute Gasteiger partial charge is 0.243 e. The zero-order valence-electron chi connectivity index (χ0n) is 14.3. The second kappa shape index (κ2) is 7.67. The number of sulfonamides is 1. The fraction of sp³-hybridized carbons (Fsp3) is 0.389. The molecule has 1 aliphatic carbocycles. The van der Waals surface area contributed by atoms with E-state index in [0.717, 1.165) is 17.7 Å². The molecule has 1 saturated carbocycles. The highest BCUT2D eigenvalue weighted by Gasteiger charge is 2.28. The molecule has 1 fully saturated rings. The summed E-state index contributed by atoms with van der Waals surface area (Å²) in [5.74, 6) is -1.36. The SMILES string of the molecule is Cc1ccc(OC2CCC(NS(=O)(=O)c3ccc(F)cc3F)CC2)nc1. The van der Waals surface area contributed by atoms with Crippen molar-refractivity contribution in [2.45, 2.75) is 49.6 Å². The normalized spacial score (nSPS) is 20.7. The summed E-state index contributed by atoms with van der Waals surface area (Å²) in [6.07, 6.45) is 4.15. The Morgan fingerprint density at radius 3 is 2.46 bits per heavy atom. The number of rotatable bonds is 5. The Bertz CT molecular complexity index is 865. The number of benzene rings is 1. The highest BCUT2D eigenvalue weighted by atomic mass is 32.2. The van der Waals surface area contributed by atoms with Gasteiger partial charge in [0.1, 0.15) is 22.6 Å². The van der Waals surface area contributed by atoms with Gasteiger partial charge in [0.25, 0.3) is 0 Å². The third kappa shape index (κ3) is 4.56. The van der Waals surface area contributed by atoms with Crippen LogP contribution < -0.4 is 9.46 Å². The molecule has 1 N–H and O–H groups in total. The zero-order valence-corrected chi connectivity index (χ0v) is 15.1. The fourth-order valence-corrected chi connectivity index (χ4v) is 4.33. The largest absolute Gasteiger partial charge is 0.474 e. The average Bonchev–Trinajstić information content (AvgIpc) is 2.58. The Balaban J connectivity index is 1.57. The summed E-state index contributed by atoms with van der Waals surface area (Å²) in [7, 11) is -4.03. The summed E-state index contributed by atoms with van der Waals surface area (Å²) in [6.45, 7) is 1.94. The lowest BCUT2D eigenvalue weighted by Crippen LogP contribution is -2.40. The van der Waals surface area contributed by atoms with Crippen LogP contribution in [0.25, 0.3) is 0 Å². The Labute approximate surface area is 151 Å². The maximum atomic E-state index is 13.7. The molecular weight excluding hydrogens is 362 g/mol. The number of halogens is 2. The molecule has 0 unspecified atom stereocenters. The minimum atomic E-state index is -4.03. The van der Waals surface area contributed by atoms with E-state index in [1.807, 2.05) is 13.0 Å². The lowest BCUT2D eigenvalue weighted by Gasteiger charge is -2.29. The van der Waals surface area contributed by atoms with Gasteiger partial charge in [-0.05, 0) is 50.3 Å². The summed E-state index contributed by atoms with van der Waals surface area (Å²) in [6, 6.07) is 5.84. The van der Waals surface area contributed by atoms with Crippen molar-refractivity contribution in [1.82, 2.24) is 9.71 Å². The van der Waals surface area contributed by atoms with E-state index in [1.165, 1.54) is 0 Å². The van der Waals surface area contributed by atoms with Gasteiger partial charge in [0, 0.05) is 24.4 Å². The molecule has 0 saturated heterocycles. The molecule has 0 bridgehead atoms. The number of hydrogen-bond acceptors (Lipinski definition) is 4. The number of hydrogen-bond donors (Lipinski definition) is 1. The molecular formula is C18H20F2N2O3S. The lowest BCUT2D eigenvalue weighted by molar-refractivity contribution is 0.138. The van der Waals surface area contributed by atoms with Gasteiger partial charge in [-0.1, -0.05) is 6.07 Å². The van der Waals surface area contributed by atoms with Gasteiger partial charge >= 0.3 is 0 Å². The molecule has 3 rings (SSSR count). The molecule has 1 heterocycles. The van der Waals surface area contributed by atoms with Crippen molar-refractivity contribution in [1.29, 1.82) is 0 Å². The van der Waals surface area contributed by atoms with Gasteiger partial charge in [-0.2, -0.15) is 0 Å². The van der Waals surface area contributed by atoms with Crippen molar-refractivity contribution in [3.63, 3.8) is 0 Å². The highest BCUT2D eigenvalue weighted by molar-refractivity contribution is 7.89. The summed E-state index contributed by atoms with van der Waals surface area (Å²) in [5, 5.41) is 0. The Hall–Kier alpha value is -2.06. The molecule has 8 heteroatoms. The van der Waals surface area contributed by atoms with Gasteiger partial charge < -0.3 is 4.74 Å². The van der Waals surface area contributed by atoms with Crippen LogP contribution in [-0.2, 0) is 10.0 Å². The van der Waals surface area contributed by atoms with Crippen LogP contribution in [0.3, 0.4) is 0 Å². The second-order valence-electron chi connectivity index (χ2n) is 6.46. The van der Waals surface area contributed by atoms with E-state index in [9.17, 15) is 17.2 Å². The number of pyridine rings is 1. The van der Waals surface area contributed by atoms with Gasteiger partial charge in [0.2, 0.25) is 15.9 Å². The first-order valence-electron chi connectivity index (χ1n) is 8.40. The lowest BCUT2D eigenvalue weighted by atomic mass is 9.94. The third-order valence-corrected chi connectivity index (χ3v) is 5.90. The standard InChI is InChI=1S/C18H20F2N2O3S/c1-12-2-9-18(21-11-12)25-15-6-4-14(5-7-15)22-26(23,24)17-8-3-13(19)10-16(17)20/h2-3,8-11,14-15,22H,4-7H2,1H3. The maximum absolute atomic E-state index is 13.7. The number of nitrogens with one attached hydrogen (secondary N) is 1. The van der Waals surface area contributed by atoms with E-state index in [2.05, 4.69) is 9.71 Å². The van der Waals surface area contributed by atoms with Gasteiger partial charge in [-0.25, -0.2) is 26.9 Å². The molecule has 0 amide bonds. The van der Waals surface area contributed by atoms with Crippen LogP contribution in [-0.4, -0.2) is 25.5 Å². The molecule has 0 aliphatic heterocycles. The van der Waals surface area contributed by atoms with Crippen LogP contribution in [0, 0.1) is 18.6 Å². The first kappa shape index (κ1) is 18.7. The fourth-order valence-electron chi connectivity index (χ4n) is 2.97. The van der Waals surface area contributed by atoms with Crippen LogP contribution in [0.2, 0.25) is 0 Å². The summed E-state index contributed by atoms with van der Waals surface area (Å²) in [5.41, 5.74) is 1.04. The Morgan fingerprint density at radius 1 is 1.12 bits per heavy atom. The van der Waals surface area contributed by atoms with Crippen molar-refractivity contribution < 1.29 is 21.9 Å². The molecule has 0 atom stereocenters. The summed E-state index contributed by atoms with van der Waals surface area (Å²) >= 11 is 0. The third-order valence-electron chi connectivity index (χ3n) is 4.35. The van der Waals surface area contributed by atoms with Crippen LogP contribution in [0.1, 0.15) is 31.2 Å². The minimum Gasteiger partial charge on any atom is -0.474 e. The number of aromatic nitrogens is 1. The van der Waals surface area contributed by atoms with Crippen LogP contribution >= 0.6 is 0 Å². The van der Waals surface area contributed by atoms with Crippen molar-refractivity contribution >= 4 is 10.0 Å². The Morgan fingerprint density at radius 2 is 1.85 bits per heavy atom. The van der Waals surface area contributed by atoms with Crippen LogP contribution in [0.5, 0.6) is 5.88 Å². The quantitative estimate of drug-likeness (QED) is 0.861. The summed E-state index contributed by atoms with van der Waals surface area (Å²) in [4.78, 5) is 3.66. The molecule has 0 spiro atoms. The molecule has 1 aromatic heterocycles. The van der Waals surface area contributed by atoms with Gasteiger partial charge in [0.15, 0.2) is 0 Å². The van der Waals surface area contributed by atoms with Gasteiger partial charge in [-0.15, -0.1) is 0 Å². The average molecular weight is 382 g/mol. The predicted octanol–water partition coefficient (Wildman–Crippen LogP) is 3.34. The monoisotopic (exact) mass is 382 g/mol. The number of nitrogens with zero attached hydrogens (tertiary/aromatic N) is 1. The second-order valence-corrected chi connectivity index (χ2v) is 8.14. The summed E-state index contributed by atoms with van der Waals surface area (Å²) < 4.78 is 59.7. The molecule has 0 radical (unpaired) electrons. The first-order chi connectivity index (χ1) is 12.3. The highest BCUT2D eigenvalue weighted by Crippen LogP contribution is 2.25. The topological polar surface area (TPSA) is 68.3 Å². The Kier molecular flexibility index (Phi) is 5.52. The van der Waals surface area contributed by atoms with Crippen LogP contribution in [0.15, 0.2) is 41.4 Å². The number of ether oxygens (including phenoxy) is 1. The van der Waals surface area contributed by atoms with E-state index >= 15 is 0 Å². The van der Waals surface area contributed by atoms with E-state index in [4.69, 9.17) is 4.74 Å². The van der Waals surface area contributed by atoms with Crippen molar-refractivity contribution in [3.8, 4) is 5.88 Å². The van der Waals surface area contributed by atoms with E-state index in [0.29, 0.717) is 37.6 Å². The molecule has 2 aromatic rings. The first-order valence-corrected chi connectivity index (χ1v) is 9.88. The number of aryl methyl sites for hydroxylation is 1. The van der Waals surface area contributed by atoms with Crippen molar-refractivity contribution in [2.75, 3.05) is 0 Å². The maximum Gasteiger partial charge on any atom is 0.243 e. The van der Waals surface area contributed by atoms with E-state index in [1.54, 1.807) is 12.3 Å². The van der Waals surface area contributed by atoms with Crippen molar-refractivity contribution in [3.05, 3.63) is 53.7 Å². The van der Waals surface area contributed by atoms with Crippen LogP contribution in [0.4, 0.5) is 8.78 Å². The molecule has 5 nitrogen and oxygen atoms in total. The predicted molar refractivity (Wildman–Crippen MR) is 92.3 cm³/mol. The zero-order chi connectivity index (χ0) is 18.7. The van der Waals surface area contributed by atoms with Crippen molar-refractivity contribution in [2.24, 2.45) is 0 Å². The minimum absolute atomic E-state index is 0.0338. The van der Waals surface area contributed by atoms with Gasteiger partial charge in [-0.3, -0.25) is 0 Å². The van der Waals surface area contributed by atoms with E-state index in [-0.39, 0.29) is 12.1 Å². The molecule has 1 aliphatic rings. The van der Waals surface area contributed by atoms with E-state index < -0.39 is 26.6 Å². The van der Waals surface area contributed by atoms with Gasteiger partial charge in [0.05, 0.1) is 0 Å².